The molecule has 2 nitrogen and oxygen atoms in total. The van der Waals surface area contributed by atoms with Crippen LogP contribution in [0.2, 0.25) is 0 Å². The van der Waals surface area contributed by atoms with Crippen LogP contribution >= 0.6 is 0 Å². The molecule has 2 heteroatoms. The monoisotopic (exact) mass is 140 g/mol. The number of nitrogens with zero attached hydrogens (tertiary/aromatic N) is 2. The molecule has 58 valence electrons. The third-order valence-electron chi connectivity index (χ3n) is 1.23. The van der Waals surface area contributed by atoms with E-state index in [2.05, 4.69) is 18.1 Å². The zero-order chi connectivity index (χ0) is 7.98. The Morgan fingerprint density at radius 2 is 2.10 bits per heavy atom. The van der Waals surface area contributed by atoms with Crippen LogP contribution in [0.4, 0.5) is 0 Å². The van der Waals surface area contributed by atoms with Crippen LogP contribution < -0.4 is 0 Å². The normalized spacial score (nSPS) is 12.6. The van der Waals surface area contributed by atoms with E-state index >= 15 is 0 Å². The van der Waals surface area contributed by atoms with E-state index in [1.165, 1.54) is 5.57 Å². The Morgan fingerprint density at radius 3 is 2.40 bits per heavy atom. The summed E-state index contributed by atoms with van der Waals surface area (Å²) in [5, 5.41) is 5.90. The molecule has 0 heterocycles. The molecule has 0 aliphatic rings. The van der Waals surface area contributed by atoms with Crippen LogP contribution in [0.25, 0.3) is 0 Å². The van der Waals surface area contributed by atoms with Crippen molar-refractivity contribution in [2.45, 2.75) is 20.3 Å². The van der Waals surface area contributed by atoms with Gasteiger partial charge < -0.3 is 5.01 Å². The van der Waals surface area contributed by atoms with Gasteiger partial charge in [-0.15, -0.1) is 0 Å². The van der Waals surface area contributed by atoms with Gasteiger partial charge in [-0.1, -0.05) is 13.0 Å². The minimum atomic E-state index is 1.05. The Hall–Kier alpha value is -0.790. The summed E-state index contributed by atoms with van der Waals surface area (Å²) < 4.78 is 0. The van der Waals surface area contributed by atoms with Gasteiger partial charge in [0.1, 0.15) is 0 Å². The standard InChI is InChI=1S/C8H16N2/c1-5-8(6-2)7-9-10(3)4/h5,7H,6H2,1-4H3/b8-5+,9-7+. The maximum absolute atomic E-state index is 4.11. The van der Waals surface area contributed by atoms with Gasteiger partial charge in [-0.3, -0.25) is 0 Å². The lowest BCUT2D eigenvalue weighted by molar-refractivity contribution is 0.440. The molecule has 0 saturated heterocycles. The zero-order valence-corrected chi connectivity index (χ0v) is 7.26. The van der Waals surface area contributed by atoms with Crippen molar-refractivity contribution in [3.8, 4) is 0 Å². The van der Waals surface area contributed by atoms with E-state index in [4.69, 9.17) is 0 Å². The Labute approximate surface area is 63.2 Å². The molecule has 0 fully saturated rings. The van der Waals surface area contributed by atoms with Gasteiger partial charge in [0.2, 0.25) is 0 Å². The molecular formula is C8H16N2. The lowest BCUT2D eigenvalue weighted by atomic mass is 10.2. The highest BCUT2D eigenvalue weighted by molar-refractivity contribution is 5.77. The third kappa shape index (κ3) is 4.13. The average molecular weight is 140 g/mol. The number of hydrogen-bond acceptors (Lipinski definition) is 2. The number of hydrogen-bond donors (Lipinski definition) is 0. The van der Waals surface area contributed by atoms with E-state index in [9.17, 15) is 0 Å². The molecule has 0 atom stereocenters. The summed E-state index contributed by atoms with van der Waals surface area (Å²) in [7, 11) is 3.83. The van der Waals surface area contributed by atoms with Crippen molar-refractivity contribution in [1.82, 2.24) is 5.01 Å². The molecule has 0 unspecified atom stereocenters. The largest absolute Gasteiger partial charge is 0.303 e. The quantitative estimate of drug-likeness (QED) is 0.432. The van der Waals surface area contributed by atoms with Gasteiger partial charge in [-0.2, -0.15) is 5.10 Å². The minimum absolute atomic E-state index is 1.05. The second kappa shape index (κ2) is 5.03. The molecule has 10 heavy (non-hydrogen) atoms. The minimum Gasteiger partial charge on any atom is -0.303 e. The van der Waals surface area contributed by atoms with Crippen molar-refractivity contribution < 1.29 is 0 Å². The van der Waals surface area contributed by atoms with Crippen molar-refractivity contribution in [2.24, 2.45) is 5.10 Å². The van der Waals surface area contributed by atoms with Crippen molar-refractivity contribution >= 4 is 6.21 Å². The fourth-order valence-electron chi connectivity index (χ4n) is 0.560. The molecule has 0 bridgehead atoms. The topological polar surface area (TPSA) is 15.6 Å². The van der Waals surface area contributed by atoms with E-state index in [-0.39, 0.29) is 0 Å². The lowest BCUT2D eigenvalue weighted by Gasteiger charge is -2.02. The molecule has 0 aromatic carbocycles. The number of hydrazone groups is 1. The van der Waals surface area contributed by atoms with E-state index in [0.717, 1.165) is 6.42 Å². The summed E-state index contributed by atoms with van der Waals surface area (Å²) in [5.41, 5.74) is 1.27. The summed E-state index contributed by atoms with van der Waals surface area (Å²) in [4.78, 5) is 0. The SMILES string of the molecule is C/C=C(/C=N/N(C)C)CC. The maximum Gasteiger partial charge on any atom is 0.0498 e. The van der Waals surface area contributed by atoms with Crippen LogP contribution in [0.3, 0.4) is 0 Å². The second-order valence-corrected chi connectivity index (χ2v) is 2.31. The van der Waals surface area contributed by atoms with Crippen molar-refractivity contribution in [3.63, 3.8) is 0 Å². The van der Waals surface area contributed by atoms with Gasteiger partial charge >= 0.3 is 0 Å². The summed E-state index contributed by atoms with van der Waals surface area (Å²) in [6.07, 6.45) is 5.01. The van der Waals surface area contributed by atoms with Crippen molar-refractivity contribution in [3.05, 3.63) is 11.6 Å². The predicted octanol–water partition coefficient (Wildman–Crippen LogP) is 1.89. The molecular weight excluding hydrogens is 124 g/mol. The Morgan fingerprint density at radius 1 is 1.50 bits per heavy atom. The highest BCUT2D eigenvalue weighted by atomic mass is 15.4. The average Bonchev–Trinajstić information content (AvgIpc) is 1.90. The summed E-state index contributed by atoms with van der Waals surface area (Å²) in [5.74, 6) is 0. The zero-order valence-electron chi connectivity index (χ0n) is 7.26. The first kappa shape index (κ1) is 9.21. The van der Waals surface area contributed by atoms with Crippen LogP contribution in [-0.2, 0) is 0 Å². The van der Waals surface area contributed by atoms with Gasteiger partial charge in [0.15, 0.2) is 0 Å². The van der Waals surface area contributed by atoms with Crippen LogP contribution in [-0.4, -0.2) is 25.3 Å². The Balaban J connectivity index is 3.86. The molecule has 0 aromatic heterocycles. The molecule has 0 aromatic rings. The summed E-state index contributed by atoms with van der Waals surface area (Å²) in [6, 6.07) is 0. The van der Waals surface area contributed by atoms with Crippen molar-refractivity contribution in [2.75, 3.05) is 14.1 Å². The van der Waals surface area contributed by atoms with E-state index < -0.39 is 0 Å². The molecule has 0 aliphatic carbocycles. The summed E-state index contributed by atoms with van der Waals surface area (Å²) in [6.45, 7) is 4.15. The van der Waals surface area contributed by atoms with Crippen LogP contribution in [0, 0.1) is 0 Å². The molecule has 0 spiro atoms. The molecule has 0 saturated carbocycles. The maximum atomic E-state index is 4.11. The fraction of sp³-hybridized carbons (Fsp3) is 0.625. The second-order valence-electron chi connectivity index (χ2n) is 2.31. The first-order chi connectivity index (χ1) is 4.70. The van der Waals surface area contributed by atoms with E-state index in [1.807, 2.05) is 27.2 Å². The van der Waals surface area contributed by atoms with Gasteiger partial charge in [-0.05, 0) is 18.9 Å². The van der Waals surface area contributed by atoms with Gasteiger partial charge in [-0.25, -0.2) is 0 Å². The number of rotatable bonds is 3. The van der Waals surface area contributed by atoms with E-state index in [0.29, 0.717) is 0 Å². The number of allylic oxidation sites excluding steroid dienone is 2. The van der Waals surface area contributed by atoms with Gasteiger partial charge in [0.25, 0.3) is 0 Å². The molecule has 0 N–H and O–H groups in total. The predicted molar refractivity (Wildman–Crippen MR) is 46.2 cm³/mol. The first-order valence-electron chi connectivity index (χ1n) is 3.57. The molecule has 0 amide bonds. The lowest BCUT2D eigenvalue weighted by Crippen LogP contribution is -2.02. The van der Waals surface area contributed by atoms with Gasteiger partial charge in [0, 0.05) is 20.3 Å². The van der Waals surface area contributed by atoms with Crippen LogP contribution in [0.1, 0.15) is 20.3 Å². The molecule has 0 radical (unpaired) electrons. The Kier molecular flexibility index (Phi) is 4.63. The third-order valence-corrected chi connectivity index (χ3v) is 1.23. The molecule has 0 aliphatic heterocycles. The summed E-state index contributed by atoms with van der Waals surface area (Å²) >= 11 is 0. The highest BCUT2D eigenvalue weighted by Crippen LogP contribution is 1.95. The van der Waals surface area contributed by atoms with E-state index in [1.54, 1.807) is 5.01 Å². The van der Waals surface area contributed by atoms with Gasteiger partial charge in [0.05, 0.1) is 0 Å². The molecule has 0 rings (SSSR count). The first-order valence-corrected chi connectivity index (χ1v) is 3.57. The highest BCUT2D eigenvalue weighted by Gasteiger charge is 1.84. The van der Waals surface area contributed by atoms with Crippen LogP contribution in [0.15, 0.2) is 16.8 Å². The Bertz CT molecular complexity index is 134. The van der Waals surface area contributed by atoms with Crippen molar-refractivity contribution in [1.29, 1.82) is 0 Å². The van der Waals surface area contributed by atoms with Crippen LogP contribution in [0.5, 0.6) is 0 Å². The smallest absolute Gasteiger partial charge is 0.0498 e. The fourth-order valence-corrected chi connectivity index (χ4v) is 0.560.